The lowest BCUT2D eigenvalue weighted by Crippen LogP contribution is -2.47. The van der Waals surface area contributed by atoms with Crippen molar-refractivity contribution in [2.45, 2.75) is 13.5 Å². The SMILES string of the molecule is CCN(C)C[Si](C)(OC)OC. The van der Waals surface area contributed by atoms with Gasteiger partial charge < -0.3 is 13.8 Å². The summed E-state index contributed by atoms with van der Waals surface area (Å²) < 4.78 is 10.7. The van der Waals surface area contributed by atoms with Gasteiger partial charge in [-0.15, -0.1) is 0 Å². The van der Waals surface area contributed by atoms with E-state index in [-0.39, 0.29) is 0 Å². The molecule has 0 saturated carbocycles. The molecule has 0 radical (unpaired) electrons. The van der Waals surface area contributed by atoms with Gasteiger partial charge in [0.25, 0.3) is 0 Å². The Morgan fingerprint density at radius 3 is 2.00 bits per heavy atom. The molecule has 0 bridgehead atoms. The van der Waals surface area contributed by atoms with Crippen LogP contribution in [0, 0.1) is 0 Å². The number of hydrogen-bond donors (Lipinski definition) is 0. The Labute approximate surface area is 70.5 Å². The van der Waals surface area contributed by atoms with Crippen LogP contribution in [0.2, 0.25) is 6.55 Å². The van der Waals surface area contributed by atoms with Crippen LogP contribution < -0.4 is 0 Å². The molecule has 0 aliphatic heterocycles. The third kappa shape index (κ3) is 3.86. The van der Waals surface area contributed by atoms with Crippen molar-refractivity contribution >= 4 is 8.56 Å². The van der Waals surface area contributed by atoms with Crippen molar-refractivity contribution in [3.05, 3.63) is 0 Å². The maximum absolute atomic E-state index is 5.33. The second-order valence-corrected chi connectivity index (χ2v) is 6.27. The summed E-state index contributed by atoms with van der Waals surface area (Å²) in [5.74, 6) is 0. The van der Waals surface area contributed by atoms with Crippen LogP contribution in [0.1, 0.15) is 6.92 Å². The average Bonchev–Trinajstić information content (AvgIpc) is 2.04. The van der Waals surface area contributed by atoms with Crippen molar-refractivity contribution in [3.63, 3.8) is 0 Å². The topological polar surface area (TPSA) is 21.7 Å². The van der Waals surface area contributed by atoms with Gasteiger partial charge in [0.1, 0.15) is 0 Å². The van der Waals surface area contributed by atoms with Crippen molar-refractivity contribution in [2.24, 2.45) is 0 Å². The zero-order chi connectivity index (χ0) is 8.91. The van der Waals surface area contributed by atoms with Crippen LogP contribution in [-0.4, -0.2) is 47.4 Å². The molecular formula is C7H19NO2Si. The molecule has 0 heterocycles. The molecule has 0 spiro atoms. The predicted octanol–water partition coefficient (Wildman–Crippen LogP) is 0.842. The number of rotatable bonds is 5. The van der Waals surface area contributed by atoms with Crippen LogP contribution in [0.3, 0.4) is 0 Å². The van der Waals surface area contributed by atoms with Crippen molar-refractivity contribution < 1.29 is 8.85 Å². The first-order valence-corrected chi connectivity index (χ1v) is 6.39. The predicted molar refractivity (Wildman–Crippen MR) is 48.8 cm³/mol. The van der Waals surface area contributed by atoms with Crippen LogP contribution in [0.5, 0.6) is 0 Å². The van der Waals surface area contributed by atoms with Crippen molar-refractivity contribution in [1.29, 1.82) is 0 Å². The lowest BCUT2D eigenvalue weighted by Gasteiger charge is -2.27. The Kier molecular flexibility index (Phi) is 4.91. The highest BCUT2D eigenvalue weighted by atomic mass is 28.4. The smallest absolute Gasteiger partial charge is 0.348 e. The molecule has 0 fully saturated rings. The molecule has 0 amide bonds. The fourth-order valence-electron chi connectivity index (χ4n) is 0.815. The molecule has 0 aromatic heterocycles. The zero-order valence-corrected chi connectivity index (χ0v) is 9.18. The Hall–Kier alpha value is 0.0969. The molecule has 0 aliphatic carbocycles. The van der Waals surface area contributed by atoms with E-state index in [1.165, 1.54) is 0 Å². The van der Waals surface area contributed by atoms with Gasteiger partial charge in [0.15, 0.2) is 0 Å². The third-order valence-corrected chi connectivity index (χ3v) is 4.80. The summed E-state index contributed by atoms with van der Waals surface area (Å²) in [6, 6.07) is 0. The van der Waals surface area contributed by atoms with Crippen LogP contribution in [0.4, 0.5) is 0 Å². The van der Waals surface area contributed by atoms with Crippen LogP contribution >= 0.6 is 0 Å². The van der Waals surface area contributed by atoms with E-state index in [1.807, 2.05) is 0 Å². The monoisotopic (exact) mass is 177 g/mol. The fraction of sp³-hybridized carbons (Fsp3) is 1.00. The second-order valence-electron chi connectivity index (χ2n) is 2.87. The number of nitrogens with zero attached hydrogens (tertiary/aromatic N) is 1. The quantitative estimate of drug-likeness (QED) is 0.581. The van der Waals surface area contributed by atoms with Gasteiger partial charge in [-0.05, 0) is 20.1 Å². The second kappa shape index (κ2) is 4.87. The molecule has 11 heavy (non-hydrogen) atoms. The molecular weight excluding hydrogens is 158 g/mol. The van der Waals surface area contributed by atoms with Crippen LogP contribution in [-0.2, 0) is 8.85 Å². The van der Waals surface area contributed by atoms with Gasteiger partial charge in [-0.25, -0.2) is 0 Å². The summed E-state index contributed by atoms with van der Waals surface area (Å²) >= 11 is 0. The van der Waals surface area contributed by atoms with Crippen molar-refractivity contribution in [1.82, 2.24) is 4.90 Å². The summed E-state index contributed by atoms with van der Waals surface area (Å²) in [4.78, 5) is 2.21. The fourth-order valence-corrected chi connectivity index (χ4v) is 2.44. The largest absolute Gasteiger partial charge is 0.397 e. The lowest BCUT2D eigenvalue weighted by molar-refractivity contribution is 0.224. The minimum atomic E-state index is -1.86. The summed E-state index contributed by atoms with van der Waals surface area (Å²) in [5.41, 5.74) is 0. The van der Waals surface area contributed by atoms with E-state index in [0.717, 1.165) is 12.7 Å². The van der Waals surface area contributed by atoms with Gasteiger partial charge in [-0.1, -0.05) is 6.92 Å². The molecule has 0 unspecified atom stereocenters. The molecule has 0 aromatic carbocycles. The normalized spacial score (nSPS) is 12.5. The molecule has 3 nitrogen and oxygen atoms in total. The highest BCUT2D eigenvalue weighted by Gasteiger charge is 2.29. The molecule has 0 rings (SSSR count). The minimum Gasteiger partial charge on any atom is -0.397 e. The Balaban J connectivity index is 3.86. The zero-order valence-electron chi connectivity index (χ0n) is 8.18. The summed E-state index contributed by atoms with van der Waals surface area (Å²) in [5, 5.41) is 0. The van der Waals surface area contributed by atoms with E-state index < -0.39 is 8.56 Å². The molecule has 0 atom stereocenters. The molecule has 4 heteroatoms. The van der Waals surface area contributed by atoms with E-state index in [4.69, 9.17) is 8.85 Å². The molecule has 0 N–H and O–H groups in total. The highest BCUT2D eigenvalue weighted by molar-refractivity contribution is 6.66. The van der Waals surface area contributed by atoms with E-state index in [1.54, 1.807) is 14.2 Å². The van der Waals surface area contributed by atoms with Crippen LogP contribution in [0.25, 0.3) is 0 Å². The summed E-state index contributed by atoms with van der Waals surface area (Å²) in [7, 11) is 3.66. The Morgan fingerprint density at radius 2 is 1.73 bits per heavy atom. The van der Waals surface area contributed by atoms with E-state index in [9.17, 15) is 0 Å². The van der Waals surface area contributed by atoms with Crippen molar-refractivity contribution in [3.8, 4) is 0 Å². The molecule has 68 valence electrons. The van der Waals surface area contributed by atoms with Gasteiger partial charge in [0.2, 0.25) is 0 Å². The number of hydrogen-bond acceptors (Lipinski definition) is 3. The Morgan fingerprint density at radius 1 is 1.27 bits per heavy atom. The highest BCUT2D eigenvalue weighted by Crippen LogP contribution is 2.05. The summed E-state index contributed by atoms with van der Waals surface area (Å²) in [6.07, 6.45) is 0.927. The standard InChI is InChI=1S/C7H19NO2Si/c1-6-8(2)7-11(5,9-3)10-4/h6-7H2,1-5H3. The van der Waals surface area contributed by atoms with Gasteiger partial charge in [0, 0.05) is 20.4 Å². The minimum absolute atomic E-state index is 0.927. The van der Waals surface area contributed by atoms with E-state index >= 15 is 0 Å². The summed E-state index contributed by atoms with van der Waals surface area (Å²) in [6.45, 7) is 5.23. The molecule has 0 aliphatic rings. The van der Waals surface area contributed by atoms with Gasteiger partial charge in [0.05, 0.1) is 0 Å². The molecule has 0 saturated heterocycles. The molecule has 0 aromatic rings. The first kappa shape index (κ1) is 11.1. The van der Waals surface area contributed by atoms with Gasteiger partial charge in [-0.2, -0.15) is 0 Å². The first-order chi connectivity index (χ1) is 5.08. The van der Waals surface area contributed by atoms with Crippen LogP contribution in [0.15, 0.2) is 0 Å². The maximum Gasteiger partial charge on any atom is 0.348 e. The maximum atomic E-state index is 5.33. The average molecular weight is 177 g/mol. The third-order valence-electron chi connectivity index (χ3n) is 1.96. The van der Waals surface area contributed by atoms with Crippen molar-refractivity contribution in [2.75, 3.05) is 34.0 Å². The van der Waals surface area contributed by atoms with E-state index in [0.29, 0.717) is 0 Å². The lowest BCUT2D eigenvalue weighted by atomic mass is 10.7. The first-order valence-electron chi connectivity index (χ1n) is 3.87. The Bertz CT molecular complexity index is 107. The van der Waals surface area contributed by atoms with Gasteiger partial charge in [-0.3, -0.25) is 0 Å². The van der Waals surface area contributed by atoms with E-state index in [2.05, 4.69) is 25.4 Å². The van der Waals surface area contributed by atoms with Gasteiger partial charge >= 0.3 is 8.56 Å².